The van der Waals surface area contributed by atoms with E-state index in [1.165, 1.54) is 7.11 Å². The lowest BCUT2D eigenvalue weighted by Gasteiger charge is -2.24. The Morgan fingerprint density at radius 3 is 3.06 bits per heavy atom. The third-order valence-corrected chi connectivity index (χ3v) is 3.05. The number of fused-ring (bicyclic) bond motifs is 1. The summed E-state index contributed by atoms with van der Waals surface area (Å²) in [5, 5.41) is 2.86. The van der Waals surface area contributed by atoms with Gasteiger partial charge in [0, 0.05) is 18.0 Å². The molecule has 18 heavy (non-hydrogen) atoms. The average molecular weight is 248 g/mol. The lowest BCUT2D eigenvalue weighted by Crippen LogP contribution is -2.31. The van der Waals surface area contributed by atoms with Gasteiger partial charge in [0.1, 0.15) is 0 Å². The Hall–Kier alpha value is -1.88. The zero-order valence-corrected chi connectivity index (χ0v) is 10.2. The van der Waals surface area contributed by atoms with Crippen molar-refractivity contribution in [1.82, 2.24) is 5.48 Å². The van der Waals surface area contributed by atoms with Crippen molar-refractivity contribution >= 4 is 17.5 Å². The molecule has 1 atom stereocenters. The van der Waals surface area contributed by atoms with E-state index in [0.29, 0.717) is 12.8 Å². The summed E-state index contributed by atoms with van der Waals surface area (Å²) in [5.74, 6) is -0.370. The van der Waals surface area contributed by atoms with Crippen molar-refractivity contribution in [1.29, 1.82) is 0 Å². The lowest BCUT2D eigenvalue weighted by molar-refractivity contribution is -0.131. The molecule has 0 bridgehead atoms. The van der Waals surface area contributed by atoms with Gasteiger partial charge in [0.15, 0.2) is 0 Å². The summed E-state index contributed by atoms with van der Waals surface area (Å²) in [5.41, 5.74) is 4.24. The zero-order valence-electron chi connectivity index (χ0n) is 10.2. The van der Waals surface area contributed by atoms with Crippen LogP contribution in [0.5, 0.6) is 0 Å². The highest BCUT2D eigenvalue weighted by Crippen LogP contribution is 2.27. The van der Waals surface area contributed by atoms with Crippen LogP contribution in [0, 0.1) is 5.92 Å². The molecule has 2 N–H and O–H groups in total. The molecule has 1 aliphatic heterocycles. The number of nitrogens with one attached hydrogen (secondary N) is 2. The second-order valence-electron chi connectivity index (χ2n) is 4.32. The molecule has 2 rings (SSSR count). The number of para-hydroxylation sites is 1. The summed E-state index contributed by atoms with van der Waals surface area (Å²) in [6.07, 6.45) is 1.49. The fourth-order valence-corrected chi connectivity index (χ4v) is 2.12. The lowest BCUT2D eigenvalue weighted by atomic mass is 9.90. The maximum absolute atomic E-state index is 11.9. The van der Waals surface area contributed by atoms with E-state index in [1.807, 2.05) is 24.3 Å². The Balaban J connectivity index is 1.95. The monoisotopic (exact) mass is 248 g/mol. The van der Waals surface area contributed by atoms with Gasteiger partial charge in [-0.25, -0.2) is 5.48 Å². The van der Waals surface area contributed by atoms with Crippen LogP contribution in [-0.2, 0) is 20.8 Å². The molecule has 96 valence electrons. The van der Waals surface area contributed by atoms with Crippen LogP contribution in [0.2, 0.25) is 0 Å². The average Bonchev–Trinajstić information content (AvgIpc) is 2.36. The second kappa shape index (κ2) is 5.64. The zero-order chi connectivity index (χ0) is 13.0. The standard InChI is InChI=1S/C13H16N2O3/c1-18-15-12(16)7-6-10-8-9-4-2-3-5-11(9)14-13(10)17/h2-5,10H,6-8H2,1H3,(H,14,17)(H,15,16). The van der Waals surface area contributed by atoms with Crippen molar-refractivity contribution in [2.75, 3.05) is 12.4 Å². The number of benzene rings is 1. The Labute approximate surface area is 105 Å². The van der Waals surface area contributed by atoms with Crippen molar-refractivity contribution in [3.63, 3.8) is 0 Å². The van der Waals surface area contributed by atoms with E-state index >= 15 is 0 Å². The minimum absolute atomic E-state index is 0.0149. The summed E-state index contributed by atoms with van der Waals surface area (Å²) in [7, 11) is 1.39. The SMILES string of the molecule is CONC(=O)CCC1Cc2ccccc2NC1=O. The first-order valence-electron chi connectivity index (χ1n) is 5.91. The number of amides is 2. The van der Waals surface area contributed by atoms with Crippen molar-refractivity contribution in [3.8, 4) is 0 Å². The van der Waals surface area contributed by atoms with Gasteiger partial charge in [-0.3, -0.25) is 14.4 Å². The third kappa shape index (κ3) is 2.87. The van der Waals surface area contributed by atoms with E-state index in [9.17, 15) is 9.59 Å². The van der Waals surface area contributed by atoms with Crippen molar-refractivity contribution in [2.24, 2.45) is 5.92 Å². The summed E-state index contributed by atoms with van der Waals surface area (Å²) in [6.45, 7) is 0. The quantitative estimate of drug-likeness (QED) is 0.788. The molecule has 0 fully saturated rings. The van der Waals surface area contributed by atoms with Crippen LogP contribution in [0.3, 0.4) is 0 Å². The maximum Gasteiger partial charge on any atom is 0.243 e. The number of carbonyl (C=O) groups is 2. The molecule has 0 aromatic heterocycles. The smallest absolute Gasteiger partial charge is 0.243 e. The highest BCUT2D eigenvalue weighted by molar-refractivity contribution is 5.95. The van der Waals surface area contributed by atoms with Gasteiger partial charge in [-0.05, 0) is 24.5 Å². The largest absolute Gasteiger partial charge is 0.326 e. The first kappa shape index (κ1) is 12.6. The number of anilines is 1. The van der Waals surface area contributed by atoms with Crippen LogP contribution < -0.4 is 10.8 Å². The van der Waals surface area contributed by atoms with Gasteiger partial charge in [0.05, 0.1) is 7.11 Å². The molecule has 1 heterocycles. The van der Waals surface area contributed by atoms with Gasteiger partial charge in [-0.2, -0.15) is 0 Å². The molecule has 1 aliphatic rings. The highest BCUT2D eigenvalue weighted by atomic mass is 16.6. The molecule has 0 aliphatic carbocycles. The molecule has 1 unspecified atom stereocenters. The van der Waals surface area contributed by atoms with Crippen molar-refractivity contribution in [2.45, 2.75) is 19.3 Å². The van der Waals surface area contributed by atoms with Gasteiger partial charge in [-0.1, -0.05) is 18.2 Å². The fraction of sp³-hybridized carbons (Fsp3) is 0.385. The molecular formula is C13H16N2O3. The predicted molar refractivity (Wildman–Crippen MR) is 66.7 cm³/mol. The van der Waals surface area contributed by atoms with Crippen LogP contribution >= 0.6 is 0 Å². The van der Waals surface area contributed by atoms with Gasteiger partial charge in [-0.15, -0.1) is 0 Å². The second-order valence-corrected chi connectivity index (χ2v) is 4.32. The number of rotatable bonds is 4. The molecule has 2 amide bonds. The number of hydrogen-bond donors (Lipinski definition) is 2. The third-order valence-electron chi connectivity index (χ3n) is 3.05. The summed E-state index contributed by atoms with van der Waals surface area (Å²) >= 11 is 0. The molecular weight excluding hydrogens is 232 g/mol. The molecule has 0 saturated heterocycles. The number of hydrogen-bond acceptors (Lipinski definition) is 3. The maximum atomic E-state index is 11.9. The Kier molecular flexibility index (Phi) is 3.94. The van der Waals surface area contributed by atoms with Crippen molar-refractivity contribution in [3.05, 3.63) is 29.8 Å². The molecule has 5 nitrogen and oxygen atoms in total. The number of carbonyl (C=O) groups excluding carboxylic acids is 2. The normalized spacial score (nSPS) is 17.8. The van der Waals surface area contributed by atoms with Crippen LogP contribution in [0.15, 0.2) is 24.3 Å². The summed E-state index contributed by atoms with van der Waals surface area (Å²) in [6, 6.07) is 7.73. The molecule has 0 saturated carbocycles. The summed E-state index contributed by atoms with van der Waals surface area (Å²) < 4.78 is 0. The minimum atomic E-state index is -0.204. The van der Waals surface area contributed by atoms with Gasteiger partial charge < -0.3 is 5.32 Å². The van der Waals surface area contributed by atoms with Crippen LogP contribution in [0.25, 0.3) is 0 Å². The van der Waals surface area contributed by atoms with E-state index in [2.05, 4.69) is 15.6 Å². The molecule has 0 spiro atoms. The first-order valence-corrected chi connectivity index (χ1v) is 5.91. The highest BCUT2D eigenvalue weighted by Gasteiger charge is 2.26. The molecule has 5 heteroatoms. The fourth-order valence-electron chi connectivity index (χ4n) is 2.12. The van der Waals surface area contributed by atoms with E-state index in [0.717, 1.165) is 11.3 Å². The van der Waals surface area contributed by atoms with E-state index in [1.54, 1.807) is 0 Å². The van der Waals surface area contributed by atoms with Gasteiger partial charge in [0.25, 0.3) is 0 Å². The molecule has 1 aromatic rings. The van der Waals surface area contributed by atoms with Crippen molar-refractivity contribution < 1.29 is 14.4 Å². The molecule has 0 radical (unpaired) electrons. The Morgan fingerprint density at radius 2 is 2.28 bits per heavy atom. The minimum Gasteiger partial charge on any atom is -0.326 e. The van der Waals surface area contributed by atoms with E-state index in [-0.39, 0.29) is 24.2 Å². The van der Waals surface area contributed by atoms with E-state index < -0.39 is 0 Å². The summed E-state index contributed by atoms with van der Waals surface area (Å²) in [4.78, 5) is 27.6. The van der Waals surface area contributed by atoms with Gasteiger partial charge in [0.2, 0.25) is 11.8 Å². The van der Waals surface area contributed by atoms with Crippen LogP contribution in [0.1, 0.15) is 18.4 Å². The topological polar surface area (TPSA) is 67.4 Å². The number of hydroxylamine groups is 1. The first-order chi connectivity index (χ1) is 8.70. The van der Waals surface area contributed by atoms with Crippen LogP contribution in [0.4, 0.5) is 5.69 Å². The Bertz CT molecular complexity index is 459. The van der Waals surface area contributed by atoms with Gasteiger partial charge >= 0.3 is 0 Å². The molecule has 1 aromatic carbocycles. The predicted octanol–water partition coefficient (Wildman–Crippen LogP) is 1.26. The van der Waals surface area contributed by atoms with Crippen LogP contribution in [-0.4, -0.2) is 18.9 Å². The van der Waals surface area contributed by atoms with E-state index in [4.69, 9.17) is 0 Å². The Morgan fingerprint density at radius 1 is 1.50 bits per heavy atom.